The minimum atomic E-state index is 0.262. The van der Waals surface area contributed by atoms with Crippen LogP contribution in [0.3, 0.4) is 0 Å². The van der Waals surface area contributed by atoms with Crippen molar-refractivity contribution in [2.75, 3.05) is 0 Å². The monoisotopic (exact) mass is 470 g/mol. The minimum absolute atomic E-state index is 0.262. The van der Waals surface area contributed by atoms with Crippen molar-refractivity contribution < 1.29 is 0 Å². The zero-order valence-corrected chi connectivity index (χ0v) is 21.7. The number of unbranched alkanes of at least 4 members (excludes halogenated alkanes) is 6. The molecule has 2 nitrogen and oxygen atoms in total. The third-order valence-corrected chi connectivity index (χ3v) is 8.79. The van der Waals surface area contributed by atoms with Crippen LogP contribution < -0.4 is 0 Å². The quantitative estimate of drug-likeness (QED) is 0.261. The highest BCUT2D eigenvalue weighted by molar-refractivity contribution is 7.00. The fraction of sp³-hybridized carbons (Fsp3) is 0.484. The van der Waals surface area contributed by atoms with E-state index in [2.05, 4.69) is 77.2 Å². The van der Waals surface area contributed by atoms with Crippen LogP contribution in [0.2, 0.25) is 0 Å². The van der Waals surface area contributed by atoms with E-state index in [1.807, 2.05) is 0 Å². The Kier molecular flexibility index (Phi) is 7.29. The second-order valence-corrected chi connectivity index (χ2v) is 10.8. The molecule has 2 aromatic carbocycles. The largest absolute Gasteiger partial charge is 0.173 e. The van der Waals surface area contributed by atoms with Gasteiger partial charge in [-0.25, -0.2) is 0 Å². The average Bonchev–Trinajstić information content (AvgIpc) is 3.46. The van der Waals surface area contributed by atoms with Crippen molar-refractivity contribution in [1.82, 2.24) is 8.75 Å². The Morgan fingerprint density at radius 1 is 0.882 bits per heavy atom. The van der Waals surface area contributed by atoms with E-state index < -0.39 is 0 Å². The number of fused-ring (bicyclic) bond motifs is 4. The Hall–Kier alpha value is -2.26. The smallest absolute Gasteiger partial charge is 0.112 e. The van der Waals surface area contributed by atoms with Crippen LogP contribution >= 0.6 is 11.7 Å². The number of rotatable bonds is 11. The van der Waals surface area contributed by atoms with Gasteiger partial charge in [-0.1, -0.05) is 108 Å². The predicted molar refractivity (Wildman–Crippen MR) is 147 cm³/mol. The van der Waals surface area contributed by atoms with Gasteiger partial charge in [-0.3, -0.25) is 0 Å². The standard InChI is InChI=1S/C31H38N2S/c1-3-5-7-11-20-31(21-12-8-6-4-2)27-16-10-9-14-25(27)26-19-18-23(22-28(26)31)24-15-13-17-29-30(24)33-34-32-29/h9-10,13-15,17-19,22,27H,3-8,11-12,16,20-21H2,1-2H3. The van der Waals surface area contributed by atoms with Gasteiger partial charge in [-0.2, -0.15) is 8.75 Å². The number of nitrogens with zero attached hydrogens (tertiary/aromatic N) is 2. The molecule has 5 rings (SSSR count). The molecule has 1 aromatic heterocycles. The van der Waals surface area contributed by atoms with Gasteiger partial charge in [0, 0.05) is 11.0 Å². The molecule has 3 heteroatoms. The van der Waals surface area contributed by atoms with Gasteiger partial charge in [-0.05, 0) is 59.6 Å². The molecule has 3 aromatic rings. The maximum Gasteiger partial charge on any atom is 0.112 e. The van der Waals surface area contributed by atoms with Crippen LogP contribution in [0.5, 0.6) is 0 Å². The second-order valence-electron chi connectivity index (χ2n) is 10.3. The maximum atomic E-state index is 4.65. The summed E-state index contributed by atoms with van der Waals surface area (Å²) in [6.45, 7) is 4.64. The molecular weight excluding hydrogens is 432 g/mol. The highest BCUT2D eigenvalue weighted by Crippen LogP contribution is 2.58. The Bertz CT molecular complexity index is 1170. The van der Waals surface area contributed by atoms with Gasteiger partial charge in [-0.15, -0.1) is 0 Å². The molecule has 0 amide bonds. The first-order valence-electron chi connectivity index (χ1n) is 13.5. The lowest BCUT2D eigenvalue weighted by Gasteiger charge is -2.38. The second kappa shape index (κ2) is 10.6. The number of aromatic nitrogens is 2. The van der Waals surface area contributed by atoms with E-state index in [9.17, 15) is 0 Å². The summed E-state index contributed by atoms with van der Waals surface area (Å²) >= 11 is 1.32. The molecule has 0 spiro atoms. The molecule has 2 aliphatic rings. The van der Waals surface area contributed by atoms with E-state index in [0.717, 1.165) is 11.0 Å². The highest BCUT2D eigenvalue weighted by atomic mass is 32.1. The van der Waals surface area contributed by atoms with E-state index in [1.54, 1.807) is 11.1 Å². The van der Waals surface area contributed by atoms with E-state index in [-0.39, 0.29) is 5.41 Å². The van der Waals surface area contributed by atoms with Crippen molar-refractivity contribution in [3.05, 3.63) is 65.8 Å². The van der Waals surface area contributed by atoms with E-state index in [0.29, 0.717) is 5.92 Å². The van der Waals surface area contributed by atoms with Crippen LogP contribution in [0.15, 0.2) is 54.6 Å². The van der Waals surface area contributed by atoms with Crippen molar-refractivity contribution in [3.63, 3.8) is 0 Å². The SMILES string of the molecule is CCCCCCC1(CCCCCC)c2cc(-c3cccc4nsnc34)ccc2C2=CC=CCC21. The Labute approximate surface area is 209 Å². The van der Waals surface area contributed by atoms with E-state index in [1.165, 1.54) is 99.0 Å². The fourth-order valence-corrected chi connectivity index (χ4v) is 7.06. The lowest BCUT2D eigenvalue weighted by atomic mass is 9.65. The molecule has 34 heavy (non-hydrogen) atoms. The molecule has 0 saturated carbocycles. The molecule has 0 radical (unpaired) electrons. The van der Waals surface area contributed by atoms with E-state index in [4.69, 9.17) is 0 Å². The summed E-state index contributed by atoms with van der Waals surface area (Å²) in [5.74, 6) is 0.628. The van der Waals surface area contributed by atoms with Crippen molar-refractivity contribution in [2.45, 2.75) is 89.9 Å². The number of hydrogen-bond acceptors (Lipinski definition) is 3. The first-order chi connectivity index (χ1) is 16.8. The lowest BCUT2D eigenvalue weighted by molar-refractivity contribution is 0.273. The average molecular weight is 471 g/mol. The summed E-state index contributed by atoms with van der Waals surface area (Å²) in [5.41, 5.74) is 9.54. The first-order valence-corrected chi connectivity index (χ1v) is 14.2. The summed E-state index contributed by atoms with van der Waals surface area (Å²) in [7, 11) is 0. The molecule has 0 saturated heterocycles. The van der Waals surface area contributed by atoms with Crippen LogP contribution in [0.4, 0.5) is 0 Å². The van der Waals surface area contributed by atoms with Gasteiger partial charge in [0.2, 0.25) is 0 Å². The first kappa shape index (κ1) is 23.5. The molecular formula is C31H38N2S. The molecule has 1 unspecified atom stereocenters. The number of benzene rings is 2. The molecule has 1 heterocycles. The Morgan fingerprint density at radius 2 is 1.68 bits per heavy atom. The Balaban J connectivity index is 1.59. The molecule has 178 valence electrons. The fourth-order valence-electron chi connectivity index (χ4n) is 6.51. The number of hydrogen-bond donors (Lipinski definition) is 0. The van der Waals surface area contributed by atoms with Gasteiger partial charge in [0.1, 0.15) is 11.0 Å². The summed E-state index contributed by atoms with van der Waals surface area (Å²) < 4.78 is 9.14. The lowest BCUT2D eigenvalue weighted by Crippen LogP contribution is -2.32. The molecule has 0 N–H and O–H groups in total. The van der Waals surface area contributed by atoms with E-state index >= 15 is 0 Å². The van der Waals surface area contributed by atoms with Crippen LogP contribution in [0.1, 0.15) is 95.6 Å². The summed E-state index contributed by atoms with van der Waals surface area (Å²) in [6, 6.07) is 13.7. The molecule has 0 bridgehead atoms. The topological polar surface area (TPSA) is 25.8 Å². The van der Waals surface area contributed by atoms with Crippen molar-refractivity contribution in [1.29, 1.82) is 0 Å². The van der Waals surface area contributed by atoms with Crippen molar-refractivity contribution in [3.8, 4) is 11.1 Å². The van der Waals surface area contributed by atoms with Gasteiger partial charge in [0.25, 0.3) is 0 Å². The normalized spacial score (nSPS) is 18.2. The molecule has 2 aliphatic carbocycles. The third kappa shape index (κ3) is 4.28. The van der Waals surface area contributed by atoms with Gasteiger partial charge >= 0.3 is 0 Å². The zero-order chi connectivity index (χ0) is 23.4. The predicted octanol–water partition coefficient (Wildman–Crippen LogP) is 9.51. The maximum absolute atomic E-state index is 4.65. The van der Waals surface area contributed by atoms with Gasteiger partial charge in [0.05, 0.1) is 11.7 Å². The summed E-state index contributed by atoms with van der Waals surface area (Å²) in [5, 5.41) is 0. The van der Waals surface area contributed by atoms with Crippen molar-refractivity contribution in [2.24, 2.45) is 5.92 Å². The highest BCUT2D eigenvalue weighted by Gasteiger charge is 2.48. The van der Waals surface area contributed by atoms with Crippen LogP contribution in [-0.4, -0.2) is 8.75 Å². The summed E-state index contributed by atoms with van der Waals surface area (Å²) in [6.07, 6.45) is 21.6. The molecule has 0 fully saturated rings. The molecule has 0 aliphatic heterocycles. The van der Waals surface area contributed by atoms with Crippen LogP contribution in [0, 0.1) is 5.92 Å². The van der Waals surface area contributed by atoms with Crippen molar-refractivity contribution >= 4 is 28.3 Å². The third-order valence-electron chi connectivity index (χ3n) is 8.24. The number of allylic oxidation sites excluding steroid dienone is 4. The Morgan fingerprint density at radius 3 is 2.44 bits per heavy atom. The van der Waals surface area contributed by atoms with Crippen LogP contribution in [0.25, 0.3) is 27.7 Å². The minimum Gasteiger partial charge on any atom is -0.173 e. The molecule has 1 atom stereocenters. The van der Waals surface area contributed by atoms with Gasteiger partial charge in [0.15, 0.2) is 0 Å². The van der Waals surface area contributed by atoms with Gasteiger partial charge < -0.3 is 0 Å². The zero-order valence-electron chi connectivity index (χ0n) is 20.9. The van der Waals surface area contributed by atoms with Crippen LogP contribution in [-0.2, 0) is 5.41 Å². The summed E-state index contributed by atoms with van der Waals surface area (Å²) in [4.78, 5) is 0.